The van der Waals surface area contributed by atoms with Crippen molar-refractivity contribution in [3.05, 3.63) is 66.1 Å². The highest BCUT2D eigenvalue weighted by Gasteiger charge is 2.37. The van der Waals surface area contributed by atoms with Gasteiger partial charge in [0.15, 0.2) is 11.5 Å². The summed E-state index contributed by atoms with van der Waals surface area (Å²) < 4.78 is 6.00. The molecule has 2 unspecified atom stereocenters. The predicted octanol–water partition coefficient (Wildman–Crippen LogP) is 4.29. The van der Waals surface area contributed by atoms with Gasteiger partial charge in [0.05, 0.1) is 5.92 Å². The Labute approximate surface area is 181 Å². The van der Waals surface area contributed by atoms with E-state index in [1.54, 1.807) is 4.90 Å². The van der Waals surface area contributed by atoms with Crippen LogP contribution in [0.3, 0.4) is 0 Å². The molecule has 6 nitrogen and oxygen atoms in total. The Morgan fingerprint density at radius 3 is 2.61 bits per heavy atom. The topological polar surface area (TPSA) is 66.7 Å². The van der Waals surface area contributed by atoms with Crippen LogP contribution < -0.4 is 0 Å². The molecule has 3 aromatic rings. The molecule has 2 aliphatic rings. The molecule has 160 valence electrons. The SMILES string of the molecule is O=C(C(c1ccccc1)N1CCCCC1=O)N1CCCC(c2nc3ccccc3o2)C1. The van der Waals surface area contributed by atoms with Crippen LogP contribution in [0.15, 0.2) is 59.0 Å². The summed E-state index contributed by atoms with van der Waals surface area (Å²) >= 11 is 0. The molecule has 6 heteroatoms. The molecule has 1 aromatic heterocycles. The second kappa shape index (κ2) is 8.53. The quantitative estimate of drug-likeness (QED) is 0.635. The molecular weight excluding hydrogens is 390 g/mol. The van der Waals surface area contributed by atoms with Gasteiger partial charge in [-0.1, -0.05) is 42.5 Å². The van der Waals surface area contributed by atoms with E-state index in [0.717, 1.165) is 42.3 Å². The Kier molecular flexibility index (Phi) is 5.45. The molecular formula is C25H27N3O3. The Hall–Kier alpha value is -3.15. The molecule has 2 fully saturated rings. The van der Waals surface area contributed by atoms with E-state index in [-0.39, 0.29) is 17.7 Å². The number of aromatic nitrogens is 1. The first-order valence-electron chi connectivity index (χ1n) is 11.2. The fraction of sp³-hybridized carbons (Fsp3) is 0.400. The molecule has 0 saturated carbocycles. The maximum Gasteiger partial charge on any atom is 0.250 e. The molecule has 0 spiro atoms. The molecule has 5 rings (SSSR count). The number of benzene rings is 2. The van der Waals surface area contributed by atoms with Crippen LogP contribution in [0.2, 0.25) is 0 Å². The Morgan fingerprint density at radius 2 is 1.81 bits per heavy atom. The first-order valence-corrected chi connectivity index (χ1v) is 11.2. The van der Waals surface area contributed by atoms with Crippen LogP contribution >= 0.6 is 0 Å². The summed E-state index contributed by atoms with van der Waals surface area (Å²) in [5, 5.41) is 0. The van der Waals surface area contributed by atoms with Gasteiger partial charge in [0.2, 0.25) is 11.8 Å². The average molecular weight is 418 g/mol. The van der Waals surface area contributed by atoms with Gasteiger partial charge >= 0.3 is 0 Å². The van der Waals surface area contributed by atoms with Gasteiger partial charge in [-0.15, -0.1) is 0 Å². The average Bonchev–Trinajstić information content (AvgIpc) is 3.26. The number of carbonyl (C=O) groups is 2. The number of rotatable bonds is 4. The lowest BCUT2D eigenvalue weighted by Crippen LogP contribution is -2.49. The van der Waals surface area contributed by atoms with Crippen molar-refractivity contribution in [2.45, 2.75) is 44.1 Å². The maximum atomic E-state index is 13.8. The van der Waals surface area contributed by atoms with E-state index in [9.17, 15) is 9.59 Å². The summed E-state index contributed by atoms with van der Waals surface area (Å²) in [4.78, 5) is 34.8. The van der Waals surface area contributed by atoms with Crippen LogP contribution in [-0.2, 0) is 9.59 Å². The van der Waals surface area contributed by atoms with Crippen LogP contribution in [0.1, 0.15) is 55.5 Å². The smallest absolute Gasteiger partial charge is 0.250 e. The van der Waals surface area contributed by atoms with E-state index in [0.29, 0.717) is 31.9 Å². The lowest BCUT2D eigenvalue weighted by molar-refractivity contribution is -0.148. The number of hydrogen-bond donors (Lipinski definition) is 0. The number of para-hydroxylation sites is 2. The van der Waals surface area contributed by atoms with Crippen molar-refractivity contribution >= 4 is 22.9 Å². The number of oxazole rings is 1. The zero-order valence-electron chi connectivity index (χ0n) is 17.6. The van der Waals surface area contributed by atoms with Crippen LogP contribution in [0.4, 0.5) is 0 Å². The van der Waals surface area contributed by atoms with Crippen LogP contribution in [0, 0.1) is 0 Å². The van der Waals surface area contributed by atoms with E-state index >= 15 is 0 Å². The van der Waals surface area contributed by atoms with Gasteiger partial charge in [0.1, 0.15) is 11.6 Å². The van der Waals surface area contributed by atoms with E-state index in [1.807, 2.05) is 59.5 Å². The number of likely N-dealkylation sites (tertiary alicyclic amines) is 2. The third-order valence-corrected chi connectivity index (χ3v) is 6.41. The molecule has 0 aliphatic carbocycles. The molecule has 0 bridgehead atoms. The zero-order valence-corrected chi connectivity index (χ0v) is 17.6. The lowest BCUT2D eigenvalue weighted by atomic mass is 9.95. The molecule has 0 radical (unpaired) electrons. The minimum Gasteiger partial charge on any atom is -0.440 e. The number of nitrogens with zero attached hydrogens (tertiary/aromatic N) is 3. The lowest BCUT2D eigenvalue weighted by Gasteiger charge is -2.39. The molecule has 3 heterocycles. The molecule has 2 atom stereocenters. The summed E-state index contributed by atoms with van der Waals surface area (Å²) in [6.45, 7) is 1.89. The van der Waals surface area contributed by atoms with E-state index in [2.05, 4.69) is 4.98 Å². The van der Waals surface area contributed by atoms with Crippen molar-refractivity contribution in [3.8, 4) is 0 Å². The highest BCUT2D eigenvalue weighted by Crippen LogP contribution is 2.33. The largest absolute Gasteiger partial charge is 0.440 e. The molecule has 0 N–H and O–H groups in total. The normalized spacial score (nSPS) is 20.8. The summed E-state index contributed by atoms with van der Waals surface area (Å²) in [7, 11) is 0. The number of fused-ring (bicyclic) bond motifs is 1. The number of hydrogen-bond acceptors (Lipinski definition) is 4. The van der Waals surface area contributed by atoms with Crippen molar-refractivity contribution < 1.29 is 14.0 Å². The number of piperidine rings is 2. The molecule has 2 aromatic carbocycles. The number of carbonyl (C=O) groups excluding carboxylic acids is 2. The van der Waals surface area contributed by atoms with Crippen molar-refractivity contribution in [2.24, 2.45) is 0 Å². The number of amides is 2. The highest BCUT2D eigenvalue weighted by atomic mass is 16.3. The van der Waals surface area contributed by atoms with Crippen molar-refractivity contribution in [1.82, 2.24) is 14.8 Å². The summed E-state index contributed by atoms with van der Waals surface area (Å²) in [6.07, 6.45) is 4.18. The van der Waals surface area contributed by atoms with Gasteiger partial charge in [-0.2, -0.15) is 0 Å². The summed E-state index contributed by atoms with van der Waals surface area (Å²) in [6, 6.07) is 16.9. The summed E-state index contributed by atoms with van der Waals surface area (Å²) in [5.41, 5.74) is 2.51. The third-order valence-electron chi connectivity index (χ3n) is 6.41. The molecule has 2 amide bonds. The monoisotopic (exact) mass is 417 g/mol. The third kappa shape index (κ3) is 3.94. The van der Waals surface area contributed by atoms with Gasteiger partial charge in [-0.25, -0.2) is 4.98 Å². The first kappa shape index (κ1) is 19.8. The van der Waals surface area contributed by atoms with E-state index in [1.165, 1.54) is 0 Å². The van der Waals surface area contributed by atoms with Gasteiger partial charge in [0.25, 0.3) is 0 Å². The second-order valence-electron chi connectivity index (χ2n) is 8.50. The van der Waals surface area contributed by atoms with Crippen molar-refractivity contribution in [3.63, 3.8) is 0 Å². The Balaban J connectivity index is 1.41. The van der Waals surface area contributed by atoms with Crippen LogP contribution in [-0.4, -0.2) is 46.2 Å². The molecule has 2 aliphatic heterocycles. The van der Waals surface area contributed by atoms with Gasteiger partial charge < -0.3 is 14.2 Å². The summed E-state index contributed by atoms with van der Waals surface area (Å²) in [5.74, 6) is 0.839. The van der Waals surface area contributed by atoms with Crippen LogP contribution in [0.5, 0.6) is 0 Å². The predicted molar refractivity (Wildman–Crippen MR) is 117 cm³/mol. The molecule has 2 saturated heterocycles. The van der Waals surface area contributed by atoms with Gasteiger partial charge in [-0.3, -0.25) is 9.59 Å². The first-order chi connectivity index (χ1) is 15.2. The standard InChI is InChI=1S/C25H27N3O3/c29-22-14-6-7-16-28(22)23(18-9-2-1-3-10-18)25(30)27-15-8-11-19(17-27)24-26-20-12-4-5-13-21(20)31-24/h1-5,9-10,12-13,19,23H,6-8,11,14-17H2. The van der Waals surface area contributed by atoms with E-state index in [4.69, 9.17) is 4.42 Å². The van der Waals surface area contributed by atoms with E-state index < -0.39 is 6.04 Å². The molecule has 31 heavy (non-hydrogen) atoms. The highest BCUT2D eigenvalue weighted by molar-refractivity contribution is 5.89. The van der Waals surface area contributed by atoms with Crippen LogP contribution in [0.25, 0.3) is 11.1 Å². The van der Waals surface area contributed by atoms with Crippen molar-refractivity contribution in [2.75, 3.05) is 19.6 Å². The maximum absolute atomic E-state index is 13.8. The minimum atomic E-state index is -0.559. The Morgan fingerprint density at radius 1 is 1.00 bits per heavy atom. The fourth-order valence-electron chi connectivity index (χ4n) is 4.81. The zero-order chi connectivity index (χ0) is 21.2. The van der Waals surface area contributed by atoms with Gasteiger partial charge in [0, 0.05) is 26.1 Å². The van der Waals surface area contributed by atoms with Crippen molar-refractivity contribution in [1.29, 1.82) is 0 Å². The van der Waals surface area contributed by atoms with Gasteiger partial charge in [-0.05, 0) is 43.4 Å². The fourth-order valence-corrected chi connectivity index (χ4v) is 4.81. The Bertz CT molecular complexity index is 1040. The minimum absolute atomic E-state index is 0.00209. The second-order valence-corrected chi connectivity index (χ2v) is 8.50.